The number of aromatic nitrogens is 1. The number of fused-ring (bicyclic) bond motifs is 1. The number of hydrogen-bond acceptors (Lipinski definition) is 3. The zero-order valence-corrected chi connectivity index (χ0v) is 13.8. The Morgan fingerprint density at radius 1 is 1.04 bits per heavy atom. The molecule has 5 heteroatoms. The second-order valence-corrected chi connectivity index (χ2v) is 6.93. The molecule has 2 fully saturated rings. The zero-order chi connectivity index (χ0) is 16.5. The molecule has 1 aliphatic carbocycles. The first-order valence-electron chi connectivity index (χ1n) is 8.92. The third kappa shape index (κ3) is 2.84. The molecule has 24 heavy (non-hydrogen) atoms. The van der Waals surface area contributed by atoms with Crippen LogP contribution in [0, 0.1) is 0 Å². The molecule has 1 aromatic heterocycles. The van der Waals surface area contributed by atoms with Crippen LogP contribution >= 0.6 is 0 Å². The van der Waals surface area contributed by atoms with Gasteiger partial charge in [0.1, 0.15) is 0 Å². The Labute approximate surface area is 141 Å². The number of nitrogens with zero attached hydrogens (tertiary/aromatic N) is 1. The fourth-order valence-electron chi connectivity index (χ4n) is 3.94. The van der Waals surface area contributed by atoms with Gasteiger partial charge >= 0.3 is 0 Å². The number of benzene rings is 1. The van der Waals surface area contributed by atoms with E-state index in [1.165, 1.54) is 30.6 Å². The molecule has 126 valence electrons. The summed E-state index contributed by atoms with van der Waals surface area (Å²) in [7, 11) is 0. The quantitative estimate of drug-likeness (QED) is 0.673. The summed E-state index contributed by atoms with van der Waals surface area (Å²) >= 11 is 0. The Hall–Kier alpha value is -2.14. The van der Waals surface area contributed by atoms with Crippen molar-refractivity contribution in [3.05, 3.63) is 30.5 Å². The van der Waals surface area contributed by atoms with E-state index in [2.05, 4.69) is 10.3 Å². The lowest BCUT2D eigenvalue weighted by Crippen LogP contribution is -2.43. The van der Waals surface area contributed by atoms with Gasteiger partial charge in [0.05, 0.1) is 18.2 Å². The number of carbonyl (C=O) groups is 2. The van der Waals surface area contributed by atoms with Crippen molar-refractivity contribution in [3.8, 4) is 0 Å². The van der Waals surface area contributed by atoms with Gasteiger partial charge in [0.25, 0.3) is 5.91 Å². The molecule has 1 aliphatic heterocycles. The van der Waals surface area contributed by atoms with E-state index >= 15 is 0 Å². The Bertz CT molecular complexity index is 759. The minimum Gasteiger partial charge on any atom is -0.361 e. The van der Waals surface area contributed by atoms with Crippen LogP contribution in [-0.4, -0.2) is 28.9 Å². The van der Waals surface area contributed by atoms with E-state index in [9.17, 15) is 9.59 Å². The van der Waals surface area contributed by atoms with Crippen LogP contribution in [0.25, 0.3) is 10.9 Å². The van der Waals surface area contributed by atoms with Crippen molar-refractivity contribution in [1.82, 2.24) is 10.3 Å². The minimum absolute atomic E-state index is 0.114. The van der Waals surface area contributed by atoms with Gasteiger partial charge in [0.2, 0.25) is 5.91 Å². The number of imide groups is 1. The van der Waals surface area contributed by atoms with Gasteiger partial charge in [-0.1, -0.05) is 31.7 Å². The molecule has 2 amide bonds. The Balaban J connectivity index is 1.52. The Morgan fingerprint density at radius 3 is 2.62 bits per heavy atom. The first-order chi connectivity index (χ1) is 11.7. The van der Waals surface area contributed by atoms with Gasteiger partial charge < -0.3 is 10.3 Å². The van der Waals surface area contributed by atoms with Crippen LogP contribution in [0.1, 0.15) is 44.9 Å². The van der Waals surface area contributed by atoms with Crippen LogP contribution < -0.4 is 10.2 Å². The highest BCUT2D eigenvalue weighted by atomic mass is 16.2. The maximum atomic E-state index is 12.8. The summed E-state index contributed by atoms with van der Waals surface area (Å²) < 4.78 is 0. The number of nitrogens with one attached hydrogen (secondary N) is 2. The normalized spacial score (nSPS) is 23.2. The highest BCUT2D eigenvalue weighted by Crippen LogP contribution is 2.27. The first-order valence-corrected chi connectivity index (χ1v) is 8.92. The Kier molecular flexibility index (Phi) is 4.10. The number of carbonyl (C=O) groups excluding carboxylic acids is 2. The average molecular weight is 325 g/mol. The van der Waals surface area contributed by atoms with Gasteiger partial charge in [0, 0.05) is 17.8 Å². The van der Waals surface area contributed by atoms with Crippen molar-refractivity contribution in [2.75, 3.05) is 4.90 Å². The average Bonchev–Trinajstić information content (AvgIpc) is 3.03. The molecular formula is C19H23N3O2. The fourth-order valence-corrected chi connectivity index (χ4v) is 3.94. The predicted molar refractivity (Wildman–Crippen MR) is 93.8 cm³/mol. The standard InChI is InChI=1S/C19H23N3O2/c23-18-12-17(21-14-5-3-1-2-4-6-14)19(24)22(18)15-8-7-13-9-10-20-16(13)11-15/h7-11,14,17,20-21H,1-6,12H2. The van der Waals surface area contributed by atoms with E-state index < -0.39 is 0 Å². The van der Waals surface area contributed by atoms with E-state index in [1.54, 1.807) is 0 Å². The van der Waals surface area contributed by atoms with Crippen LogP contribution in [0.5, 0.6) is 0 Å². The van der Waals surface area contributed by atoms with Gasteiger partial charge in [-0.15, -0.1) is 0 Å². The molecule has 1 aromatic carbocycles. The lowest BCUT2D eigenvalue weighted by atomic mass is 10.1. The molecule has 0 radical (unpaired) electrons. The van der Waals surface area contributed by atoms with Crippen molar-refractivity contribution in [3.63, 3.8) is 0 Å². The van der Waals surface area contributed by atoms with Crippen molar-refractivity contribution in [2.45, 2.75) is 57.0 Å². The van der Waals surface area contributed by atoms with Crippen LogP contribution in [0.15, 0.2) is 30.5 Å². The highest BCUT2D eigenvalue weighted by molar-refractivity contribution is 6.22. The molecular weight excluding hydrogens is 302 g/mol. The summed E-state index contributed by atoms with van der Waals surface area (Å²) in [4.78, 5) is 29.7. The number of rotatable bonds is 3. The van der Waals surface area contributed by atoms with E-state index in [1.807, 2.05) is 30.5 Å². The molecule has 5 nitrogen and oxygen atoms in total. The summed E-state index contributed by atoms with van der Waals surface area (Å²) in [6, 6.07) is 7.62. The lowest BCUT2D eigenvalue weighted by molar-refractivity contribution is -0.121. The summed E-state index contributed by atoms with van der Waals surface area (Å²) in [5, 5.41) is 4.53. The van der Waals surface area contributed by atoms with Crippen molar-refractivity contribution >= 4 is 28.4 Å². The topological polar surface area (TPSA) is 65.2 Å². The van der Waals surface area contributed by atoms with Gasteiger partial charge in [-0.2, -0.15) is 0 Å². The lowest BCUT2D eigenvalue weighted by Gasteiger charge is -2.21. The number of aromatic amines is 1. The van der Waals surface area contributed by atoms with Crippen molar-refractivity contribution in [2.24, 2.45) is 0 Å². The largest absolute Gasteiger partial charge is 0.361 e. The SMILES string of the molecule is O=C1CC(NC2CCCCCC2)C(=O)N1c1ccc2cc[nH]c2c1. The van der Waals surface area contributed by atoms with E-state index in [0.717, 1.165) is 23.7 Å². The summed E-state index contributed by atoms with van der Waals surface area (Å²) in [5.74, 6) is -0.229. The van der Waals surface area contributed by atoms with E-state index in [-0.39, 0.29) is 24.3 Å². The van der Waals surface area contributed by atoms with E-state index in [4.69, 9.17) is 0 Å². The molecule has 2 N–H and O–H groups in total. The molecule has 1 saturated carbocycles. The second kappa shape index (κ2) is 6.40. The van der Waals surface area contributed by atoms with Crippen molar-refractivity contribution < 1.29 is 9.59 Å². The number of H-pyrrole nitrogens is 1. The predicted octanol–water partition coefficient (Wildman–Crippen LogP) is 3.11. The van der Waals surface area contributed by atoms with Crippen LogP contribution in [-0.2, 0) is 9.59 Å². The van der Waals surface area contributed by atoms with Gasteiger partial charge in [0.15, 0.2) is 0 Å². The van der Waals surface area contributed by atoms with Gasteiger partial charge in [-0.05, 0) is 36.4 Å². The molecule has 2 aliphatic rings. The first kappa shape index (κ1) is 15.4. The number of anilines is 1. The summed E-state index contributed by atoms with van der Waals surface area (Å²) in [6.07, 6.45) is 9.30. The van der Waals surface area contributed by atoms with Crippen LogP contribution in [0.4, 0.5) is 5.69 Å². The maximum Gasteiger partial charge on any atom is 0.251 e. The molecule has 1 unspecified atom stereocenters. The molecule has 1 saturated heterocycles. The van der Waals surface area contributed by atoms with Gasteiger partial charge in [-0.3, -0.25) is 9.59 Å². The molecule has 2 aromatic rings. The molecule has 0 spiro atoms. The molecule has 2 heterocycles. The maximum absolute atomic E-state index is 12.8. The molecule has 4 rings (SSSR count). The monoisotopic (exact) mass is 325 g/mol. The van der Waals surface area contributed by atoms with E-state index in [0.29, 0.717) is 11.7 Å². The zero-order valence-electron chi connectivity index (χ0n) is 13.8. The molecule has 0 bridgehead atoms. The van der Waals surface area contributed by atoms with Crippen LogP contribution in [0.2, 0.25) is 0 Å². The summed E-state index contributed by atoms with van der Waals surface area (Å²) in [5.41, 5.74) is 1.60. The van der Waals surface area contributed by atoms with Gasteiger partial charge in [-0.25, -0.2) is 4.90 Å². The minimum atomic E-state index is -0.375. The number of hydrogen-bond donors (Lipinski definition) is 2. The second-order valence-electron chi connectivity index (χ2n) is 6.93. The highest BCUT2D eigenvalue weighted by Gasteiger charge is 2.40. The molecule has 1 atom stereocenters. The van der Waals surface area contributed by atoms with Crippen LogP contribution in [0.3, 0.4) is 0 Å². The van der Waals surface area contributed by atoms with Crippen molar-refractivity contribution in [1.29, 1.82) is 0 Å². The summed E-state index contributed by atoms with van der Waals surface area (Å²) in [6.45, 7) is 0. The third-order valence-electron chi connectivity index (χ3n) is 5.24. The number of amides is 2. The fraction of sp³-hybridized carbons (Fsp3) is 0.474. The smallest absolute Gasteiger partial charge is 0.251 e. The third-order valence-corrected chi connectivity index (χ3v) is 5.24. The Morgan fingerprint density at radius 2 is 1.83 bits per heavy atom.